The van der Waals surface area contributed by atoms with Gasteiger partial charge in [-0.25, -0.2) is 0 Å². The highest BCUT2D eigenvalue weighted by Crippen LogP contribution is 2.29. The number of carbonyl (C=O) groups excluding carboxylic acids is 1. The average Bonchev–Trinajstić information content (AvgIpc) is 2.27. The van der Waals surface area contributed by atoms with Crippen LogP contribution in [0.2, 0.25) is 0 Å². The molecule has 0 aliphatic rings. The maximum Gasteiger partial charge on any atom is 0.269 e. The fraction of sp³-hybridized carbons (Fsp3) is 0.364. The van der Waals surface area contributed by atoms with Gasteiger partial charge in [-0.3, -0.25) is 14.9 Å². The van der Waals surface area contributed by atoms with Crippen LogP contribution in [-0.2, 0) is 10.2 Å². The van der Waals surface area contributed by atoms with Crippen LogP contribution in [0.15, 0.2) is 24.3 Å². The second-order valence-corrected chi connectivity index (χ2v) is 4.39. The Balaban J connectivity index is 3.26. The molecule has 1 aromatic rings. The van der Waals surface area contributed by atoms with E-state index >= 15 is 0 Å². The number of rotatable bonds is 4. The van der Waals surface area contributed by atoms with E-state index in [-0.39, 0.29) is 11.5 Å². The van der Waals surface area contributed by atoms with Gasteiger partial charge < -0.3 is 0 Å². The number of carbonyl (C=O) groups is 1. The minimum Gasteiger partial charge on any atom is -0.299 e. The molecule has 0 amide bonds. The third-order valence-electron chi connectivity index (χ3n) is 2.74. The number of benzene rings is 1. The smallest absolute Gasteiger partial charge is 0.269 e. The molecular formula is C11H12BrNO3. The first-order valence-electron chi connectivity index (χ1n) is 4.74. The number of nitrogens with zero attached hydrogens (tertiary/aromatic N) is 1. The van der Waals surface area contributed by atoms with Crippen molar-refractivity contribution in [3.63, 3.8) is 0 Å². The lowest BCUT2D eigenvalue weighted by atomic mass is 9.81. The molecule has 1 rings (SSSR count). The van der Waals surface area contributed by atoms with E-state index in [2.05, 4.69) is 15.9 Å². The van der Waals surface area contributed by atoms with Gasteiger partial charge in [-0.05, 0) is 19.4 Å². The second kappa shape index (κ2) is 4.74. The van der Waals surface area contributed by atoms with Crippen LogP contribution in [0.4, 0.5) is 5.69 Å². The molecule has 1 aromatic carbocycles. The molecule has 1 atom stereocenters. The van der Waals surface area contributed by atoms with Gasteiger partial charge in [0.25, 0.3) is 5.69 Å². The van der Waals surface area contributed by atoms with Crippen molar-refractivity contribution in [1.82, 2.24) is 0 Å². The summed E-state index contributed by atoms with van der Waals surface area (Å²) in [6, 6.07) is 6.19. The van der Waals surface area contributed by atoms with E-state index in [1.54, 1.807) is 19.1 Å². The molecule has 5 heteroatoms. The summed E-state index contributed by atoms with van der Waals surface area (Å²) >= 11 is 3.28. The predicted molar refractivity (Wildman–Crippen MR) is 64.9 cm³/mol. The zero-order chi connectivity index (χ0) is 12.3. The molecule has 0 radical (unpaired) electrons. The molecule has 0 aliphatic heterocycles. The molecule has 0 heterocycles. The topological polar surface area (TPSA) is 60.2 Å². The number of nitro benzene ring substituents is 1. The third kappa shape index (κ3) is 2.29. The van der Waals surface area contributed by atoms with Gasteiger partial charge in [0.05, 0.1) is 10.3 Å². The molecule has 0 spiro atoms. The molecular weight excluding hydrogens is 274 g/mol. The molecule has 0 aromatic heterocycles. The fourth-order valence-electron chi connectivity index (χ4n) is 1.34. The largest absolute Gasteiger partial charge is 0.299 e. The van der Waals surface area contributed by atoms with E-state index in [0.29, 0.717) is 10.9 Å². The quantitative estimate of drug-likeness (QED) is 0.486. The summed E-state index contributed by atoms with van der Waals surface area (Å²) in [6.07, 6.45) is 0. The van der Waals surface area contributed by atoms with E-state index in [0.717, 1.165) is 0 Å². The van der Waals surface area contributed by atoms with Crippen LogP contribution in [0.5, 0.6) is 0 Å². The maximum absolute atomic E-state index is 11.6. The van der Waals surface area contributed by atoms with Gasteiger partial charge in [0.15, 0.2) is 0 Å². The van der Waals surface area contributed by atoms with Crippen LogP contribution in [0.1, 0.15) is 19.4 Å². The highest BCUT2D eigenvalue weighted by Gasteiger charge is 2.31. The summed E-state index contributed by atoms with van der Waals surface area (Å²) in [6.45, 7) is 3.25. The maximum atomic E-state index is 11.6. The van der Waals surface area contributed by atoms with Crippen molar-refractivity contribution in [2.45, 2.75) is 19.3 Å². The molecule has 86 valence electrons. The average molecular weight is 286 g/mol. The Hall–Kier alpha value is -1.23. The molecule has 0 saturated heterocycles. The number of hydrogen-bond acceptors (Lipinski definition) is 3. The number of halogens is 1. The SMILES string of the molecule is CC(=O)C(C)(CBr)c1cccc([N+](=O)[O-])c1. The van der Waals surface area contributed by atoms with Crippen molar-refractivity contribution in [3.8, 4) is 0 Å². The van der Waals surface area contributed by atoms with Crippen LogP contribution >= 0.6 is 15.9 Å². The van der Waals surface area contributed by atoms with Gasteiger partial charge >= 0.3 is 0 Å². The highest BCUT2D eigenvalue weighted by molar-refractivity contribution is 9.09. The Morgan fingerprint density at radius 3 is 2.62 bits per heavy atom. The van der Waals surface area contributed by atoms with Gasteiger partial charge in [0, 0.05) is 17.5 Å². The van der Waals surface area contributed by atoms with E-state index in [4.69, 9.17) is 0 Å². The summed E-state index contributed by atoms with van der Waals surface area (Å²) in [5.41, 5.74) is -0.0524. The second-order valence-electron chi connectivity index (χ2n) is 3.83. The van der Waals surface area contributed by atoms with E-state index in [1.165, 1.54) is 19.1 Å². The Bertz CT molecular complexity index is 433. The van der Waals surface area contributed by atoms with Gasteiger partial charge in [0.1, 0.15) is 5.78 Å². The molecule has 0 saturated carbocycles. The molecule has 0 N–H and O–H groups in total. The zero-order valence-electron chi connectivity index (χ0n) is 9.07. The number of hydrogen-bond donors (Lipinski definition) is 0. The van der Waals surface area contributed by atoms with Gasteiger partial charge in [-0.1, -0.05) is 28.1 Å². The monoisotopic (exact) mass is 285 g/mol. The Morgan fingerprint density at radius 2 is 2.19 bits per heavy atom. The Kier molecular flexibility index (Phi) is 3.80. The van der Waals surface area contributed by atoms with Crippen molar-refractivity contribution < 1.29 is 9.72 Å². The van der Waals surface area contributed by atoms with E-state index in [1.807, 2.05) is 0 Å². The number of alkyl halides is 1. The number of non-ortho nitro benzene ring substituents is 1. The third-order valence-corrected chi connectivity index (χ3v) is 3.86. The predicted octanol–water partition coefficient (Wildman–Crippen LogP) is 2.84. The number of ketones is 1. The summed E-state index contributed by atoms with van der Waals surface area (Å²) in [7, 11) is 0. The van der Waals surface area contributed by atoms with Crippen molar-refractivity contribution in [1.29, 1.82) is 0 Å². The molecule has 1 unspecified atom stereocenters. The van der Waals surface area contributed by atoms with Gasteiger partial charge in [0.2, 0.25) is 0 Å². The van der Waals surface area contributed by atoms with E-state index in [9.17, 15) is 14.9 Å². The Labute approximate surface area is 102 Å². The standard InChI is InChI=1S/C11H12BrNO3/c1-8(14)11(2,7-12)9-4-3-5-10(6-9)13(15)16/h3-6H,7H2,1-2H3. The minimum absolute atomic E-state index is 0.00549. The molecule has 16 heavy (non-hydrogen) atoms. The lowest BCUT2D eigenvalue weighted by Crippen LogP contribution is -2.32. The zero-order valence-corrected chi connectivity index (χ0v) is 10.7. The lowest BCUT2D eigenvalue weighted by molar-refractivity contribution is -0.384. The molecule has 0 fully saturated rings. The summed E-state index contributed by atoms with van der Waals surface area (Å²) in [5.74, 6) is -0.0233. The normalized spacial score (nSPS) is 14.2. The fourth-order valence-corrected chi connectivity index (χ4v) is 2.06. The lowest BCUT2D eigenvalue weighted by Gasteiger charge is -2.24. The molecule has 0 aliphatic carbocycles. The summed E-state index contributed by atoms with van der Waals surface area (Å²) < 4.78 is 0. The Morgan fingerprint density at radius 1 is 1.56 bits per heavy atom. The van der Waals surface area contributed by atoms with Crippen LogP contribution < -0.4 is 0 Å². The number of nitro groups is 1. The first-order chi connectivity index (χ1) is 7.41. The van der Waals surface area contributed by atoms with Crippen molar-refractivity contribution in [2.24, 2.45) is 0 Å². The van der Waals surface area contributed by atoms with Crippen molar-refractivity contribution in [3.05, 3.63) is 39.9 Å². The summed E-state index contributed by atoms with van der Waals surface area (Å²) in [4.78, 5) is 21.8. The van der Waals surface area contributed by atoms with E-state index < -0.39 is 10.3 Å². The summed E-state index contributed by atoms with van der Waals surface area (Å²) in [5, 5.41) is 11.1. The van der Waals surface area contributed by atoms with Crippen LogP contribution in [0.3, 0.4) is 0 Å². The molecule has 0 bridgehead atoms. The minimum atomic E-state index is -0.716. The van der Waals surface area contributed by atoms with Gasteiger partial charge in [-0.2, -0.15) is 0 Å². The van der Waals surface area contributed by atoms with Crippen molar-refractivity contribution >= 4 is 27.4 Å². The van der Waals surface area contributed by atoms with Crippen LogP contribution in [0.25, 0.3) is 0 Å². The van der Waals surface area contributed by atoms with Gasteiger partial charge in [-0.15, -0.1) is 0 Å². The highest BCUT2D eigenvalue weighted by atomic mass is 79.9. The van der Waals surface area contributed by atoms with Crippen LogP contribution in [0, 0.1) is 10.1 Å². The molecule has 4 nitrogen and oxygen atoms in total. The van der Waals surface area contributed by atoms with Crippen LogP contribution in [-0.4, -0.2) is 16.0 Å². The first kappa shape index (κ1) is 12.8. The van der Waals surface area contributed by atoms with Crippen molar-refractivity contribution in [2.75, 3.05) is 5.33 Å². The number of Topliss-reactive ketones (excluding diaryl/α,β-unsaturated/α-hetero) is 1. The first-order valence-corrected chi connectivity index (χ1v) is 5.86.